The third-order valence-corrected chi connectivity index (χ3v) is 9.47. The average molecular weight is 373 g/mol. The molecular weight excluding hydrogens is 332 g/mol. The van der Waals surface area contributed by atoms with Gasteiger partial charge in [0.2, 0.25) is 0 Å². The number of allylic oxidation sites excluding steroid dienone is 1. The Morgan fingerprint density at radius 3 is 2.74 bits per heavy atom. The van der Waals surface area contributed by atoms with Gasteiger partial charge in [-0.1, -0.05) is 32.4 Å². The Kier molecular flexibility index (Phi) is 5.20. The highest BCUT2D eigenvalue weighted by Crippen LogP contribution is 2.66. The molecule has 27 heavy (non-hydrogen) atoms. The van der Waals surface area contributed by atoms with Gasteiger partial charge >= 0.3 is 0 Å². The van der Waals surface area contributed by atoms with Crippen molar-refractivity contribution in [3.05, 3.63) is 11.6 Å². The maximum absolute atomic E-state index is 7.34. The summed E-state index contributed by atoms with van der Waals surface area (Å²) < 4.78 is 6.13. The van der Waals surface area contributed by atoms with Gasteiger partial charge < -0.3 is 10.5 Å². The summed E-state index contributed by atoms with van der Waals surface area (Å²) in [5.41, 5.74) is 8.21. The largest absolute Gasteiger partial charge is 0.388 e. The Balaban J connectivity index is 1.44. The Morgan fingerprint density at radius 1 is 1.15 bits per heavy atom. The molecule has 0 heterocycles. The number of nitrogens with one attached hydrogen (secondary N) is 1. The number of amidine groups is 1. The van der Waals surface area contributed by atoms with Crippen molar-refractivity contribution in [1.29, 1.82) is 5.41 Å². The van der Waals surface area contributed by atoms with E-state index >= 15 is 0 Å². The van der Waals surface area contributed by atoms with Gasteiger partial charge in [-0.2, -0.15) is 0 Å². The molecule has 3 fully saturated rings. The summed E-state index contributed by atoms with van der Waals surface area (Å²) in [5.74, 6) is 4.04. The molecule has 0 spiro atoms. The van der Waals surface area contributed by atoms with E-state index in [0.717, 1.165) is 36.7 Å². The van der Waals surface area contributed by atoms with Gasteiger partial charge in [-0.25, -0.2) is 0 Å². The monoisotopic (exact) mass is 372 g/mol. The van der Waals surface area contributed by atoms with E-state index < -0.39 is 0 Å². The fraction of sp³-hybridized carbons (Fsp3) is 0.875. The number of rotatable bonds is 5. The summed E-state index contributed by atoms with van der Waals surface area (Å²) in [6, 6.07) is 0. The number of hydrogen-bond donors (Lipinski definition) is 2. The Hall–Kier alpha value is -0.830. The predicted molar refractivity (Wildman–Crippen MR) is 112 cm³/mol. The topological polar surface area (TPSA) is 59.1 Å². The zero-order valence-corrected chi connectivity index (χ0v) is 17.7. The van der Waals surface area contributed by atoms with Crippen molar-refractivity contribution in [2.24, 2.45) is 40.2 Å². The van der Waals surface area contributed by atoms with Crippen LogP contribution in [0.2, 0.25) is 0 Å². The lowest BCUT2D eigenvalue weighted by Gasteiger charge is -2.58. The molecule has 3 heteroatoms. The summed E-state index contributed by atoms with van der Waals surface area (Å²) >= 11 is 0. The molecule has 3 N–H and O–H groups in total. The highest BCUT2D eigenvalue weighted by molar-refractivity contribution is 5.76. The average Bonchev–Trinajstić information content (AvgIpc) is 2.94. The van der Waals surface area contributed by atoms with Gasteiger partial charge in [0.05, 0.1) is 11.9 Å². The molecule has 152 valence electrons. The Bertz CT molecular complexity index is 614. The van der Waals surface area contributed by atoms with E-state index in [4.69, 9.17) is 15.9 Å². The van der Waals surface area contributed by atoms with Crippen LogP contribution >= 0.6 is 0 Å². The number of fused-ring (bicyclic) bond motifs is 5. The van der Waals surface area contributed by atoms with Crippen molar-refractivity contribution in [3.63, 3.8) is 0 Å². The molecule has 7 atom stereocenters. The zero-order chi connectivity index (χ0) is 19.2. The molecule has 4 rings (SSSR count). The maximum Gasteiger partial charge on any atom is 0.0906 e. The van der Waals surface area contributed by atoms with Crippen LogP contribution in [0.15, 0.2) is 11.6 Å². The van der Waals surface area contributed by atoms with E-state index in [2.05, 4.69) is 26.8 Å². The van der Waals surface area contributed by atoms with Crippen LogP contribution < -0.4 is 5.73 Å². The normalized spacial score (nSPS) is 46.2. The summed E-state index contributed by atoms with van der Waals surface area (Å²) in [6.07, 6.45) is 15.3. The van der Waals surface area contributed by atoms with Crippen molar-refractivity contribution in [2.75, 3.05) is 6.61 Å². The van der Waals surface area contributed by atoms with Crippen LogP contribution in [0.3, 0.4) is 0 Å². The van der Waals surface area contributed by atoms with Crippen LogP contribution in [0, 0.1) is 39.9 Å². The number of nitrogens with two attached hydrogens (primary N) is 1. The Labute approximate surface area is 166 Å². The van der Waals surface area contributed by atoms with Gasteiger partial charge in [-0.3, -0.25) is 5.41 Å². The lowest BCUT2D eigenvalue weighted by molar-refractivity contribution is -0.0562. The first kappa shape index (κ1) is 19.5. The minimum atomic E-state index is 0.275. The molecule has 0 aromatic carbocycles. The molecule has 3 nitrogen and oxygen atoms in total. The van der Waals surface area contributed by atoms with Gasteiger partial charge in [0.1, 0.15) is 0 Å². The summed E-state index contributed by atoms with van der Waals surface area (Å²) in [6.45, 7) is 8.45. The maximum atomic E-state index is 7.34. The summed E-state index contributed by atoms with van der Waals surface area (Å²) in [5, 5.41) is 7.34. The second-order valence-electron chi connectivity index (χ2n) is 10.6. The smallest absolute Gasteiger partial charge is 0.0906 e. The summed E-state index contributed by atoms with van der Waals surface area (Å²) in [7, 11) is 0. The molecule has 0 saturated heterocycles. The van der Waals surface area contributed by atoms with Crippen molar-refractivity contribution in [1.82, 2.24) is 0 Å². The van der Waals surface area contributed by atoms with Crippen molar-refractivity contribution in [3.8, 4) is 0 Å². The highest BCUT2D eigenvalue weighted by atomic mass is 16.5. The van der Waals surface area contributed by atoms with Gasteiger partial charge in [0, 0.05) is 13.0 Å². The molecule has 4 aliphatic rings. The lowest BCUT2D eigenvalue weighted by atomic mass is 9.47. The third-order valence-electron chi connectivity index (χ3n) is 9.47. The van der Waals surface area contributed by atoms with Crippen LogP contribution in [0.5, 0.6) is 0 Å². The molecule has 3 unspecified atom stereocenters. The molecule has 0 aliphatic heterocycles. The quantitative estimate of drug-likeness (QED) is 0.282. The fourth-order valence-electron chi connectivity index (χ4n) is 7.59. The van der Waals surface area contributed by atoms with E-state index in [9.17, 15) is 0 Å². The molecule has 3 saturated carbocycles. The van der Waals surface area contributed by atoms with Crippen molar-refractivity contribution < 1.29 is 4.74 Å². The minimum absolute atomic E-state index is 0.275. The molecule has 0 aromatic heterocycles. The zero-order valence-electron chi connectivity index (χ0n) is 17.7. The van der Waals surface area contributed by atoms with Crippen LogP contribution in [0.25, 0.3) is 0 Å². The standard InChI is InChI=1S/C24H40N2O/c1-16-6-9-20-19-8-7-17-15-18(27-14-4-5-22(25)26)10-12-24(17,3)21(19)11-13-23(16,20)2/h15-16,18-21H,4-14H2,1-3H3,(H3,25,26)/t16-,18-,19?,20?,21?,23+,24-/m0/s1. The fourth-order valence-corrected chi connectivity index (χ4v) is 7.59. The molecular formula is C24H40N2O. The Morgan fingerprint density at radius 2 is 1.96 bits per heavy atom. The van der Waals surface area contributed by atoms with Gasteiger partial charge in [0.15, 0.2) is 0 Å². The first-order chi connectivity index (χ1) is 12.8. The van der Waals surface area contributed by atoms with E-state index in [-0.39, 0.29) is 11.9 Å². The van der Waals surface area contributed by atoms with Crippen molar-refractivity contribution in [2.45, 2.75) is 91.1 Å². The highest BCUT2D eigenvalue weighted by Gasteiger charge is 2.57. The van der Waals surface area contributed by atoms with E-state index in [1.807, 2.05) is 0 Å². The first-order valence-corrected chi connectivity index (χ1v) is 11.5. The van der Waals surface area contributed by atoms with Gasteiger partial charge in [0.25, 0.3) is 0 Å². The van der Waals surface area contributed by atoms with Crippen LogP contribution in [-0.2, 0) is 4.74 Å². The van der Waals surface area contributed by atoms with Gasteiger partial charge in [-0.15, -0.1) is 0 Å². The molecule has 0 radical (unpaired) electrons. The third kappa shape index (κ3) is 3.28. The van der Waals surface area contributed by atoms with Crippen LogP contribution in [0.4, 0.5) is 0 Å². The second-order valence-corrected chi connectivity index (χ2v) is 10.6. The first-order valence-electron chi connectivity index (χ1n) is 11.5. The lowest BCUT2D eigenvalue weighted by Crippen LogP contribution is -2.50. The van der Waals surface area contributed by atoms with Crippen LogP contribution in [-0.4, -0.2) is 18.5 Å². The van der Waals surface area contributed by atoms with Crippen LogP contribution in [0.1, 0.15) is 85.0 Å². The second kappa shape index (κ2) is 7.21. The van der Waals surface area contributed by atoms with Crippen molar-refractivity contribution >= 4 is 5.84 Å². The number of hydrogen-bond acceptors (Lipinski definition) is 2. The SMILES string of the molecule is C[C@H]1CCC2C3CCC4=C[C@@H](OCCCC(=N)N)CC[C@]4(C)C3CC[C@@]21C. The van der Waals surface area contributed by atoms with E-state index in [0.29, 0.717) is 17.3 Å². The van der Waals surface area contributed by atoms with E-state index in [1.165, 1.54) is 51.4 Å². The molecule has 0 bridgehead atoms. The minimum Gasteiger partial charge on any atom is -0.388 e. The molecule has 4 aliphatic carbocycles. The van der Waals surface area contributed by atoms with Gasteiger partial charge in [-0.05, 0) is 92.3 Å². The summed E-state index contributed by atoms with van der Waals surface area (Å²) in [4.78, 5) is 0. The molecule has 0 amide bonds. The predicted octanol–water partition coefficient (Wildman–Crippen LogP) is 5.69. The van der Waals surface area contributed by atoms with E-state index in [1.54, 1.807) is 5.57 Å². The molecule has 0 aromatic rings. The number of ether oxygens (including phenoxy) is 1.